The van der Waals surface area contributed by atoms with E-state index in [1.54, 1.807) is 11.0 Å². The molecular formula is C14H19F3N4O2. The molecule has 1 saturated heterocycles. The molecule has 1 aromatic heterocycles. The first-order chi connectivity index (χ1) is 10.8. The summed E-state index contributed by atoms with van der Waals surface area (Å²) in [6, 6.07) is 1.63. The zero-order valence-electron chi connectivity index (χ0n) is 12.8. The normalized spacial score (nSPS) is 16.4. The van der Waals surface area contributed by atoms with Gasteiger partial charge in [-0.1, -0.05) is 0 Å². The number of hydrogen-bond acceptors (Lipinski definition) is 6. The summed E-state index contributed by atoms with van der Waals surface area (Å²) >= 11 is 0. The van der Waals surface area contributed by atoms with Gasteiger partial charge in [-0.2, -0.15) is 13.2 Å². The Kier molecular flexibility index (Phi) is 5.30. The molecule has 23 heavy (non-hydrogen) atoms. The summed E-state index contributed by atoms with van der Waals surface area (Å²) in [5.74, 6) is -0.606. The predicted molar refractivity (Wildman–Crippen MR) is 79.3 cm³/mol. The van der Waals surface area contributed by atoms with Gasteiger partial charge in [-0.05, 0) is 6.07 Å². The number of ether oxygens (including phenoxy) is 1. The smallest absolute Gasteiger partial charge is 0.390 e. The number of anilines is 2. The number of halogens is 3. The summed E-state index contributed by atoms with van der Waals surface area (Å²) in [5, 5.41) is 0. The number of alkyl halides is 3. The van der Waals surface area contributed by atoms with Crippen LogP contribution in [-0.4, -0.2) is 61.9 Å². The summed E-state index contributed by atoms with van der Waals surface area (Å²) in [6.07, 6.45) is -3.40. The Labute approximate surface area is 132 Å². The Hall–Kier alpha value is -2.03. The minimum atomic E-state index is -4.13. The van der Waals surface area contributed by atoms with Crippen molar-refractivity contribution in [1.29, 1.82) is 0 Å². The number of nitrogen functional groups attached to an aromatic ring is 1. The summed E-state index contributed by atoms with van der Waals surface area (Å²) in [6.45, 7) is 2.25. The number of methoxy groups -OCH3 is 1. The van der Waals surface area contributed by atoms with Crippen LogP contribution in [0, 0.1) is 0 Å². The Morgan fingerprint density at radius 2 is 2.00 bits per heavy atom. The molecule has 0 unspecified atom stereocenters. The number of piperazine rings is 1. The van der Waals surface area contributed by atoms with E-state index in [2.05, 4.69) is 9.72 Å². The molecule has 128 valence electrons. The van der Waals surface area contributed by atoms with E-state index in [0.29, 0.717) is 26.2 Å². The number of hydrogen-bond donors (Lipinski definition) is 1. The van der Waals surface area contributed by atoms with Gasteiger partial charge in [0.05, 0.1) is 31.1 Å². The Balaban J connectivity index is 1.93. The average Bonchev–Trinajstić information content (AvgIpc) is 2.52. The number of carbonyl (C=O) groups is 1. The Bertz CT molecular complexity index is 557. The maximum Gasteiger partial charge on any atom is 0.390 e. The third-order valence-electron chi connectivity index (χ3n) is 3.73. The molecule has 1 aromatic rings. The van der Waals surface area contributed by atoms with Crippen molar-refractivity contribution in [3.8, 4) is 0 Å². The van der Waals surface area contributed by atoms with E-state index in [-0.39, 0.29) is 17.9 Å². The van der Waals surface area contributed by atoms with E-state index in [1.165, 1.54) is 13.3 Å². The number of pyridine rings is 1. The summed E-state index contributed by atoms with van der Waals surface area (Å²) in [5.41, 5.74) is 6.82. The van der Waals surface area contributed by atoms with Crippen molar-refractivity contribution in [1.82, 2.24) is 9.88 Å². The van der Waals surface area contributed by atoms with Gasteiger partial charge in [-0.25, -0.2) is 9.78 Å². The number of nitrogens with zero attached hydrogens (tertiary/aromatic N) is 3. The molecule has 6 nitrogen and oxygen atoms in total. The number of nitrogens with two attached hydrogens (primary N) is 1. The van der Waals surface area contributed by atoms with Gasteiger partial charge >= 0.3 is 12.1 Å². The fourth-order valence-electron chi connectivity index (χ4n) is 2.42. The zero-order valence-corrected chi connectivity index (χ0v) is 12.8. The van der Waals surface area contributed by atoms with Crippen molar-refractivity contribution >= 4 is 17.3 Å². The van der Waals surface area contributed by atoms with Crippen LogP contribution in [0.1, 0.15) is 16.9 Å². The average molecular weight is 332 g/mol. The van der Waals surface area contributed by atoms with E-state index in [0.717, 1.165) is 5.69 Å². The van der Waals surface area contributed by atoms with Crippen LogP contribution in [0.5, 0.6) is 0 Å². The van der Waals surface area contributed by atoms with Crippen LogP contribution in [0.2, 0.25) is 0 Å². The quantitative estimate of drug-likeness (QED) is 0.843. The van der Waals surface area contributed by atoms with Crippen molar-refractivity contribution in [2.24, 2.45) is 0 Å². The molecule has 0 atom stereocenters. The van der Waals surface area contributed by atoms with Gasteiger partial charge in [0.25, 0.3) is 0 Å². The van der Waals surface area contributed by atoms with Crippen LogP contribution in [0.15, 0.2) is 12.3 Å². The molecule has 1 aliphatic rings. The van der Waals surface area contributed by atoms with E-state index >= 15 is 0 Å². The van der Waals surface area contributed by atoms with E-state index in [4.69, 9.17) is 5.73 Å². The maximum atomic E-state index is 12.2. The van der Waals surface area contributed by atoms with Crippen LogP contribution in [-0.2, 0) is 4.74 Å². The summed E-state index contributed by atoms with van der Waals surface area (Å²) < 4.78 is 41.3. The second kappa shape index (κ2) is 7.03. The molecule has 2 heterocycles. The number of rotatable bonds is 4. The molecule has 1 fully saturated rings. The van der Waals surface area contributed by atoms with Gasteiger partial charge < -0.3 is 15.4 Å². The second-order valence-corrected chi connectivity index (χ2v) is 5.32. The lowest BCUT2D eigenvalue weighted by atomic mass is 10.2. The van der Waals surface area contributed by atoms with Crippen LogP contribution in [0.4, 0.5) is 24.5 Å². The Morgan fingerprint density at radius 1 is 1.35 bits per heavy atom. The molecule has 0 aromatic carbocycles. The van der Waals surface area contributed by atoms with Gasteiger partial charge in [-0.3, -0.25) is 4.90 Å². The van der Waals surface area contributed by atoms with Crippen LogP contribution >= 0.6 is 0 Å². The minimum Gasteiger partial charge on any atom is -0.464 e. The lowest BCUT2D eigenvalue weighted by Crippen LogP contribution is -2.47. The number of aromatic nitrogens is 1. The molecule has 2 rings (SSSR count). The molecular weight excluding hydrogens is 313 g/mol. The van der Waals surface area contributed by atoms with Crippen LogP contribution in [0.25, 0.3) is 0 Å². The van der Waals surface area contributed by atoms with Gasteiger partial charge in [0.2, 0.25) is 0 Å². The van der Waals surface area contributed by atoms with E-state index < -0.39 is 18.6 Å². The van der Waals surface area contributed by atoms with Gasteiger partial charge in [-0.15, -0.1) is 0 Å². The molecule has 2 N–H and O–H groups in total. The highest BCUT2D eigenvalue weighted by Gasteiger charge is 2.29. The fraction of sp³-hybridized carbons (Fsp3) is 0.571. The monoisotopic (exact) mass is 332 g/mol. The molecule has 0 amide bonds. The maximum absolute atomic E-state index is 12.2. The SMILES string of the molecule is COC(=O)c1ncc(N2CCN(CCC(F)(F)F)CC2)cc1N. The van der Waals surface area contributed by atoms with Crippen molar-refractivity contribution in [3.63, 3.8) is 0 Å². The van der Waals surface area contributed by atoms with E-state index in [1.807, 2.05) is 4.90 Å². The highest BCUT2D eigenvalue weighted by atomic mass is 19.4. The highest BCUT2D eigenvalue weighted by Crippen LogP contribution is 2.23. The lowest BCUT2D eigenvalue weighted by molar-refractivity contribution is -0.138. The number of esters is 1. The van der Waals surface area contributed by atoms with Crippen LogP contribution in [0.3, 0.4) is 0 Å². The first kappa shape index (κ1) is 17.3. The van der Waals surface area contributed by atoms with Gasteiger partial charge in [0.15, 0.2) is 5.69 Å². The summed E-state index contributed by atoms with van der Waals surface area (Å²) in [7, 11) is 1.25. The summed E-state index contributed by atoms with van der Waals surface area (Å²) in [4.78, 5) is 19.2. The van der Waals surface area contributed by atoms with Gasteiger partial charge in [0, 0.05) is 32.7 Å². The molecule has 0 bridgehead atoms. The van der Waals surface area contributed by atoms with Crippen molar-refractivity contribution < 1.29 is 22.7 Å². The van der Waals surface area contributed by atoms with E-state index in [9.17, 15) is 18.0 Å². The largest absolute Gasteiger partial charge is 0.464 e. The standard InChI is InChI=1S/C14H19F3N4O2/c1-23-13(22)12-11(18)8-10(9-19-12)21-6-4-20(5-7-21)3-2-14(15,16)17/h8-9H,2-7,18H2,1H3. The fourth-order valence-corrected chi connectivity index (χ4v) is 2.42. The molecule has 0 spiro atoms. The second-order valence-electron chi connectivity index (χ2n) is 5.32. The zero-order chi connectivity index (χ0) is 17.0. The molecule has 0 radical (unpaired) electrons. The van der Waals surface area contributed by atoms with Crippen LogP contribution < -0.4 is 10.6 Å². The molecule has 0 aliphatic carbocycles. The van der Waals surface area contributed by atoms with Crippen molar-refractivity contribution in [3.05, 3.63) is 18.0 Å². The first-order valence-electron chi connectivity index (χ1n) is 7.18. The van der Waals surface area contributed by atoms with Crippen molar-refractivity contribution in [2.75, 3.05) is 50.5 Å². The Morgan fingerprint density at radius 3 is 2.52 bits per heavy atom. The van der Waals surface area contributed by atoms with Gasteiger partial charge in [0.1, 0.15) is 0 Å². The van der Waals surface area contributed by atoms with Crippen molar-refractivity contribution in [2.45, 2.75) is 12.6 Å². The highest BCUT2D eigenvalue weighted by molar-refractivity contribution is 5.93. The molecule has 0 saturated carbocycles. The predicted octanol–water partition coefficient (Wildman–Crippen LogP) is 1.52. The third-order valence-corrected chi connectivity index (χ3v) is 3.73. The third kappa shape index (κ3) is 4.72. The topological polar surface area (TPSA) is 71.7 Å². The first-order valence-corrected chi connectivity index (χ1v) is 7.18. The molecule has 9 heteroatoms. The molecule has 1 aliphatic heterocycles. The minimum absolute atomic E-state index is 0.0129. The lowest BCUT2D eigenvalue weighted by Gasteiger charge is -2.36. The number of carbonyl (C=O) groups excluding carboxylic acids is 1.